The van der Waals surface area contributed by atoms with Crippen molar-refractivity contribution >= 4 is 17.6 Å². The van der Waals surface area contributed by atoms with Crippen molar-refractivity contribution in [1.82, 2.24) is 4.98 Å². The quantitative estimate of drug-likeness (QED) is 0.691. The number of carbonyl (C=O) groups excluding carboxylic acids is 1. The van der Waals surface area contributed by atoms with Gasteiger partial charge in [0, 0.05) is 6.20 Å². The Morgan fingerprint density at radius 1 is 1.29 bits per heavy atom. The Bertz CT molecular complexity index is 693. The summed E-state index contributed by atoms with van der Waals surface area (Å²) in [7, 11) is 0. The molecule has 1 heterocycles. The lowest BCUT2D eigenvalue weighted by Gasteiger charge is -2.14. The number of hydrogen-bond donors (Lipinski definition) is 0. The second-order valence-corrected chi connectivity index (χ2v) is 5.38. The fourth-order valence-electron chi connectivity index (χ4n) is 1.75. The van der Waals surface area contributed by atoms with E-state index in [1.54, 1.807) is 31.2 Å². The lowest BCUT2D eigenvalue weighted by molar-refractivity contribution is -0.151. The first-order chi connectivity index (χ1) is 11.5. The molecule has 0 saturated heterocycles. The van der Waals surface area contributed by atoms with Crippen molar-refractivity contribution < 1.29 is 23.4 Å². The van der Waals surface area contributed by atoms with E-state index >= 15 is 0 Å². The maximum Gasteiger partial charge on any atom is 0.347 e. The molecule has 0 aliphatic carbocycles. The maximum atomic E-state index is 13.6. The van der Waals surface area contributed by atoms with Crippen molar-refractivity contribution in [1.29, 1.82) is 0 Å². The molecule has 7 heteroatoms. The number of pyridine rings is 1. The van der Waals surface area contributed by atoms with Crippen LogP contribution in [-0.4, -0.2) is 23.7 Å². The van der Waals surface area contributed by atoms with Gasteiger partial charge < -0.3 is 14.2 Å². The number of hydrogen-bond acceptors (Lipinski definition) is 5. The van der Waals surface area contributed by atoms with Crippen molar-refractivity contribution in [2.75, 3.05) is 6.61 Å². The molecule has 0 aliphatic heterocycles. The molecule has 0 amide bonds. The largest absolute Gasteiger partial charge is 0.479 e. The monoisotopic (exact) mass is 353 g/mol. The number of halogens is 2. The molecule has 0 saturated carbocycles. The van der Waals surface area contributed by atoms with Crippen LogP contribution in [0.4, 0.5) is 4.39 Å². The van der Waals surface area contributed by atoms with Gasteiger partial charge in [-0.15, -0.1) is 0 Å². The van der Waals surface area contributed by atoms with Crippen molar-refractivity contribution in [2.24, 2.45) is 0 Å². The second kappa shape index (κ2) is 8.49. The Hall–Kier alpha value is -2.34. The van der Waals surface area contributed by atoms with Gasteiger partial charge in [0.25, 0.3) is 5.88 Å². The third-order valence-corrected chi connectivity index (χ3v) is 3.11. The van der Waals surface area contributed by atoms with E-state index in [2.05, 4.69) is 4.98 Å². The molecule has 1 aromatic carbocycles. The van der Waals surface area contributed by atoms with Gasteiger partial charge in [0.2, 0.25) is 0 Å². The average molecular weight is 354 g/mol. The van der Waals surface area contributed by atoms with Crippen LogP contribution in [0.2, 0.25) is 5.02 Å². The highest BCUT2D eigenvalue weighted by atomic mass is 35.5. The topological polar surface area (TPSA) is 57.7 Å². The van der Waals surface area contributed by atoms with E-state index < -0.39 is 17.9 Å². The Morgan fingerprint density at radius 2 is 1.96 bits per heavy atom. The van der Waals surface area contributed by atoms with Gasteiger partial charge in [-0.2, -0.15) is 0 Å². The summed E-state index contributed by atoms with van der Waals surface area (Å²) < 4.78 is 29.4. The van der Waals surface area contributed by atoms with Gasteiger partial charge in [0.15, 0.2) is 11.9 Å². The van der Waals surface area contributed by atoms with E-state index in [0.717, 1.165) is 12.5 Å². The highest BCUT2D eigenvalue weighted by Gasteiger charge is 2.16. The summed E-state index contributed by atoms with van der Waals surface area (Å²) in [6.07, 6.45) is 1.32. The number of rotatable bonds is 7. The fraction of sp³-hybridized carbons (Fsp3) is 0.294. The third kappa shape index (κ3) is 5.09. The van der Waals surface area contributed by atoms with Crippen LogP contribution in [0.5, 0.6) is 17.4 Å². The van der Waals surface area contributed by atoms with Crippen LogP contribution >= 0.6 is 11.6 Å². The minimum atomic E-state index is -0.723. The minimum Gasteiger partial charge on any atom is -0.479 e. The van der Waals surface area contributed by atoms with Crippen LogP contribution in [0.25, 0.3) is 0 Å². The molecular weight excluding hydrogens is 337 g/mol. The van der Waals surface area contributed by atoms with Crippen LogP contribution in [0.1, 0.15) is 20.3 Å². The first kappa shape index (κ1) is 18.0. The summed E-state index contributed by atoms with van der Waals surface area (Å²) in [5.41, 5.74) is 0. The normalized spacial score (nSPS) is 11.7. The summed E-state index contributed by atoms with van der Waals surface area (Å²) in [5, 5.41) is 0.188. The second-order valence-electron chi connectivity index (χ2n) is 4.94. The first-order valence-corrected chi connectivity index (χ1v) is 7.79. The minimum absolute atomic E-state index is 0.176. The molecule has 24 heavy (non-hydrogen) atoms. The van der Waals surface area contributed by atoms with Crippen LogP contribution in [0.3, 0.4) is 0 Å². The van der Waals surface area contributed by atoms with E-state index in [1.807, 2.05) is 6.92 Å². The highest BCUT2D eigenvalue weighted by Crippen LogP contribution is 2.26. The molecule has 1 unspecified atom stereocenters. The number of ether oxygens (including phenoxy) is 3. The zero-order chi connectivity index (χ0) is 17.5. The van der Waals surface area contributed by atoms with Gasteiger partial charge in [0.05, 0.1) is 11.6 Å². The molecule has 0 N–H and O–H groups in total. The number of nitrogens with zero attached hydrogens (tertiary/aromatic N) is 1. The number of aromatic nitrogens is 1. The number of benzene rings is 1. The van der Waals surface area contributed by atoms with E-state index in [0.29, 0.717) is 18.1 Å². The van der Waals surface area contributed by atoms with Crippen molar-refractivity contribution in [3.05, 3.63) is 47.4 Å². The van der Waals surface area contributed by atoms with Gasteiger partial charge in [-0.05, 0) is 43.7 Å². The summed E-state index contributed by atoms with van der Waals surface area (Å²) in [6, 6.07) is 7.48. The van der Waals surface area contributed by atoms with Crippen molar-refractivity contribution in [2.45, 2.75) is 26.4 Å². The van der Waals surface area contributed by atoms with Gasteiger partial charge in [-0.3, -0.25) is 0 Å². The SMILES string of the molecule is CCCOC(=O)C(C)Oc1ccc(Oc2ncc(Cl)cc2F)cc1. The van der Waals surface area contributed by atoms with Gasteiger partial charge in [-0.25, -0.2) is 14.2 Å². The lowest BCUT2D eigenvalue weighted by atomic mass is 10.3. The molecule has 2 aromatic rings. The van der Waals surface area contributed by atoms with E-state index in [9.17, 15) is 9.18 Å². The summed E-state index contributed by atoms with van der Waals surface area (Å²) in [6.45, 7) is 3.88. The van der Waals surface area contributed by atoms with Crippen LogP contribution < -0.4 is 9.47 Å². The van der Waals surface area contributed by atoms with Gasteiger partial charge >= 0.3 is 5.97 Å². The molecule has 0 spiro atoms. The zero-order valence-electron chi connectivity index (χ0n) is 13.3. The summed E-state index contributed by atoms with van der Waals surface area (Å²) in [5.74, 6) is -0.422. The maximum absolute atomic E-state index is 13.6. The Balaban J connectivity index is 1.96. The van der Waals surface area contributed by atoms with Crippen molar-refractivity contribution in [3.63, 3.8) is 0 Å². The smallest absolute Gasteiger partial charge is 0.347 e. The van der Waals surface area contributed by atoms with Crippen LogP contribution in [0.15, 0.2) is 36.5 Å². The van der Waals surface area contributed by atoms with Gasteiger partial charge in [0.1, 0.15) is 11.5 Å². The highest BCUT2D eigenvalue weighted by molar-refractivity contribution is 6.30. The van der Waals surface area contributed by atoms with Crippen LogP contribution in [0, 0.1) is 5.82 Å². The number of carbonyl (C=O) groups is 1. The lowest BCUT2D eigenvalue weighted by Crippen LogP contribution is -2.26. The first-order valence-electron chi connectivity index (χ1n) is 7.42. The third-order valence-electron chi connectivity index (χ3n) is 2.91. The summed E-state index contributed by atoms with van der Waals surface area (Å²) in [4.78, 5) is 15.4. The molecule has 0 fully saturated rings. The molecule has 1 atom stereocenters. The van der Waals surface area contributed by atoms with Crippen molar-refractivity contribution in [3.8, 4) is 17.4 Å². The molecule has 1 aromatic heterocycles. The Kier molecular flexibility index (Phi) is 6.37. The van der Waals surface area contributed by atoms with Crippen LogP contribution in [-0.2, 0) is 9.53 Å². The predicted molar refractivity (Wildman–Crippen MR) is 87.1 cm³/mol. The van der Waals surface area contributed by atoms with E-state index in [1.165, 1.54) is 6.20 Å². The fourth-order valence-corrected chi connectivity index (χ4v) is 1.89. The van der Waals surface area contributed by atoms with E-state index in [4.69, 9.17) is 25.8 Å². The Morgan fingerprint density at radius 3 is 2.58 bits per heavy atom. The zero-order valence-corrected chi connectivity index (χ0v) is 14.0. The molecule has 2 rings (SSSR count). The molecule has 0 aliphatic rings. The standard InChI is InChI=1S/C17H17ClFNO4/c1-3-8-22-17(21)11(2)23-13-4-6-14(7-5-13)24-16-15(19)9-12(18)10-20-16/h4-7,9-11H,3,8H2,1-2H3. The average Bonchev–Trinajstić information content (AvgIpc) is 2.56. The summed E-state index contributed by atoms with van der Waals surface area (Å²) >= 11 is 5.63. The molecule has 5 nitrogen and oxygen atoms in total. The molecule has 128 valence electrons. The van der Waals surface area contributed by atoms with Gasteiger partial charge in [-0.1, -0.05) is 18.5 Å². The molecule has 0 radical (unpaired) electrons. The predicted octanol–water partition coefficient (Wildman–Crippen LogP) is 4.39. The Labute approximate surface area is 144 Å². The number of esters is 1. The molecular formula is C17H17ClFNO4. The molecule has 0 bridgehead atoms. The van der Waals surface area contributed by atoms with E-state index in [-0.39, 0.29) is 10.9 Å².